The lowest BCUT2D eigenvalue weighted by molar-refractivity contribution is -0.120. The van der Waals surface area contributed by atoms with Gasteiger partial charge < -0.3 is 9.64 Å². The highest BCUT2D eigenvalue weighted by molar-refractivity contribution is 7.98. The molecule has 0 spiro atoms. The van der Waals surface area contributed by atoms with E-state index in [1.165, 1.54) is 11.8 Å². The number of thioether (sulfide) groups is 1. The summed E-state index contributed by atoms with van der Waals surface area (Å²) in [5, 5.41) is 9.11. The minimum Gasteiger partial charge on any atom is -0.447 e. The predicted molar refractivity (Wildman–Crippen MR) is 124 cm³/mol. The standard InChI is InChI=1S/C23H25N5O2S/c1-5-8-19(29)28-18-10-7-6-9-17(18)20-21(24-23(31-4)26-25-20)30-22(28)15-11-13-16(14-12-15)27(2)3/h6-7,9-14,22H,5,8H2,1-4H3/t22-/m0/s1. The summed E-state index contributed by atoms with van der Waals surface area (Å²) in [4.78, 5) is 21.7. The van der Waals surface area contributed by atoms with Gasteiger partial charge in [0.25, 0.3) is 0 Å². The molecule has 0 fully saturated rings. The van der Waals surface area contributed by atoms with E-state index >= 15 is 0 Å². The van der Waals surface area contributed by atoms with E-state index in [9.17, 15) is 4.79 Å². The van der Waals surface area contributed by atoms with Crippen LogP contribution in [0.5, 0.6) is 5.88 Å². The highest BCUT2D eigenvalue weighted by atomic mass is 32.2. The maximum Gasteiger partial charge on any atom is 0.247 e. The van der Waals surface area contributed by atoms with E-state index in [1.807, 2.05) is 80.7 Å². The minimum absolute atomic E-state index is 0.0116. The van der Waals surface area contributed by atoms with Crippen LogP contribution in [0, 0.1) is 0 Å². The van der Waals surface area contributed by atoms with Crippen molar-refractivity contribution < 1.29 is 9.53 Å². The molecule has 1 amide bonds. The van der Waals surface area contributed by atoms with Gasteiger partial charge in [-0.1, -0.05) is 49.0 Å². The number of para-hydroxylation sites is 1. The van der Waals surface area contributed by atoms with Crippen molar-refractivity contribution in [3.05, 3.63) is 54.1 Å². The molecule has 2 aromatic carbocycles. The van der Waals surface area contributed by atoms with Crippen molar-refractivity contribution in [3.63, 3.8) is 0 Å². The van der Waals surface area contributed by atoms with Crippen LogP contribution in [0.25, 0.3) is 11.3 Å². The van der Waals surface area contributed by atoms with Gasteiger partial charge in [-0.3, -0.25) is 9.69 Å². The Morgan fingerprint density at radius 2 is 1.87 bits per heavy atom. The molecule has 0 unspecified atom stereocenters. The molecule has 2 heterocycles. The number of anilines is 2. The number of hydrogen-bond donors (Lipinski definition) is 0. The van der Waals surface area contributed by atoms with Crippen LogP contribution in [0.15, 0.2) is 53.7 Å². The van der Waals surface area contributed by atoms with Crippen LogP contribution in [-0.2, 0) is 4.79 Å². The summed E-state index contributed by atoms with van der Waals surface area (Å²) in [6.45, 7) is 2.00. The first-order valence-corrected chi connectivity index (χ1v) is 11.4. The zero-order chi connectivity index (χ0) is 22.0. The molecule has 0 bridgehead atoms. The number of carbonyl (C=O) groups excluding carboxylic acids is 1. The van der Waals surface area contributed by atoms with Crippen molar-refractivity contribution in [3.8, 4) is 17.1 Å². The van der Waals surface area contributed by atoms with E-state index < -0.39 is 6.23 Å². The number of hydrogen-bond acceptors (Lipinski definition) is 7. The van der Waals surface area contributed by atoms with Gasteiger partial charge in [0.2, 0.25) is 23.2 Å². The number of rotatable bonds is 5. The maximum absolute atomic E-state index is 13.3. The number of fused-ring (bicyclic) bond motifs is 3. The summed E-state index contributed by atoms with van der Waals surface area (Å²) in [5.41, 5.74) is 3.99. The van der Waals surface area contributed by atoms with Gasteiger partial charge in [0, 0.05) is 37.3 Å². The largest absolute Gasteiger partial charge is 0.447 e. The highest BCUT2D eigenvalue weighted by Crippen LogP contribution is 2.43. The molecule has 31 heavy (non-hydrogen) atoms. The zero-order valence-electron chi connectivity index (χ0n) is 18.1. The van der Waals surface area contributed by atoms with Gasteiger partial charge in [-0.2, -0.15) is 4.98 Å². The van der Waals surface area contributed by atoms with E-state index in [4.69, 9.17) is 4.74 Å². The highest BCUT2D eigenvalue weighted by Gasteiger charge is 2.35. The molecule has 3 aromatic rings. The monoisotopic (exact) mass is 435 g/mol. The topological polar surface area (TPSA) is 71.5 Å². The molecule has 0 aliphatic carbocycles. The van der Waals surface area contributed by atoms with Gasteiger partial charge in [0.1, 0.15) is 0 Å². The number of aromatic nitrogens is 3. The summed E-state index contributed by atoms with van der Waals surface area (Å²) >= 11 is 1.40. The van der Waals surface area contributed by atoms with Gasteiger partial charge in [-0.15, -0.1) is 10.2 Å². The van der Waals surface area contributed by atoms with Crippen molar-refractivity contribution in [1.82, 2.24) is 15.2 Å². The number of carbonyl (C=O) groups is 1. The fourth-order valence-electron chi connectivity index (χ4n) is 3.56. The molecule has 0 N–H and O–H groups in total. The van der Waals surface area contributed by atoms with Crippen molar-refractivity contribution in [2.45, 2.75) is 31.1 Å². The van der Waals surface area contributed by atoms with Crippen LogP contribution >= 0.6 is 11.8 Å². The molecule has 4 rings (SSSR count). The lowest BCUT2D eigenvalue weighted by Crippen LogP contribution is -2.37. The van der Waals surface area contributed by atoms with E-state index in [2.05, 4.69) is 15.2 Å². The first kappa shape index (κ1) is 21.1. The number of amides is 1. The second kappa shape index (κ2) is 8.93. The second-order valence-electron chi connectivity index (χ2n) is 7.44. The molecule has 1 aliphatic rings. The van der Waals surface area contributed by atoms with E-state index in [0.29, 0.717) is 23.2 Å². The third kappa shape index (κ3) is 4.07. The third-order valence-electron chi connectivity index (χ3n) is 5.12. The lowest BCUT2D eigenvalue weighted by Gasteiger charge is -2.31. The van der Waals surface area contributed by atoms with Crippen molar-refractivity contribution in [1.29, 1.82) is 0 Å². The van der Waals surface area contributed by atoms with Gasteiger partial charge in [0.15, 0.2) is 5.69 Å². The smallest absolute Gasteiger partial charge is 0.247 e. The Balaban J connectivity index is 1.91. The Morgan fingerprint density at radius 1 is 1.13 bits per heavy atom. The van der Waals surface area contributed by atoms with Gasteiger partial charge in [0.05, 0.1) is 5.69 Å². The van der Waals surface area contributed by atoms with Crippen LogP contribution in [0.3, 0.4) is 0 Å². The van der Waals surface area contributed by atoms with Crippen LogP contribution < -0.4 is 14.5 Å². The van der Waals surface area contributed by atoms with Crippen LogP contribution in [0.1, 0.15) is 31.6 Å². The van der Waals surface area contributed by atoms with Crippen LogP contribution in [0.4, 0.5) is 11.4 Å². The van der Waals surface area contributed by atoms with E-state index in [1.54, 1.807) is 4.90 Å². The fraction of sp³-hybridized carbons (Fsp3) is 0.304. The van der Waals surface area contributed by atoms with Crippen molar-refractivity contribution in [2.75, 3.05) is 30.2 Å². The number of benzene rings is 2. The summed E-state index contributed by atoms with van der Waals surface area (Å²) in [7, 11) is 3.99. The molecular formula is C23H25N5O2S. The summed E-state index contributed by atoms with van der Waals surface area (Å²) in [6, 6.07) is 15.7. The van der Waals surface area contributed by atoms with E-state index in [0.717, 1.165) is 28.9 Å². The average Bonchev–Trinajstić information content (AvgIpc) is 2.93. The summed E-state index contributed by atoms with van der Waals surface area (Å²) in [6.07, 6.45) is 2.38. The molecule has 160 valence electrons. The van der Waals surface area contributed by atoms with Gasteiger partial charge in [-0.05, 0) is 30.9 Å². The Labute approximate surface area is 186 Å². The summed E-state index contributed by atoms with van der Waals surface area (Å²) < 4.78 is 6.41. The predicted octanol–water partition coefficient (Wildman–Crippen LogP) is 4.55. The minimum atomic E-state index is -0.663. The molecule has 1 aromatic heterocycles. The molecule has 1 atom stereocenters. The molecule has 0 saturated carbocycles. The fourth-order valence-corrected chi connectivity index (χ4v) is 3.85. The molecular weight excluding hydrogens is 410 g/mol. The molecule has 8 heteroatoms. The summed E-state index contributed by atoms with van der Waals surface area (Å²) in [5.74, 6) is 0.364. The third-order valence-corrected chi connectivity index (χ3v) is 5.66. The van der Waals surface area contributed by atoms with Crippen LogP contribution in [-0.4, -0.2) is 41.4 Å². The van der Waals surface area contributed by atoms with Gasteiger partial charge in [-0.25, -0.2) is 0 Å². The van der Waals surface area contributed by atoms with Crippen LogP contribution in [0.2, 0.25) is 0 Å². The molecule has 7 nitrogen and oxygen atoms in total. The first-order valence-electron chi connectivity index (χ1n) is 10.2. The normalized spacial score (nSPS) is 14.8. The molecule has 1 aliphatic heterocycles. The van der Waals surface area contributed by atoms with Crippen molar-refractivity contribution in [2.24, 2.45) is 0 Å². The maximum atomic E-state index is 13.3. The number of ether oxygens (including phenoxy) is 1. The Bertz CT molecular complexity index is 1090. The Morgan fingerprint density at radius 3 is 2.55 bits per heavy atom. The SMILES string of the molecule is CCCC(=O)N1c2ccccc2-c2nnc(SC)nc2O[C@H]1c1ccc(N(C)C)cc1. The Hall–Kier alpha value is -3.13. The van der Waals surface area contributed by atoms with Gasteiger partial charge >= 0.3 is 0 Å². The second-order valence-corrected chi connectivity index (χ2v) is 8.21. The average molecular weight is 436 g/mol. The molecule has 0 radical (unpaired) electrons. The molecule has 0 saturated heterocycles. The quantitative estimate of drug-likeness (QED) is 0.544. The first-order chi connectivity index (χ1) is 15.0. The lowest BCUT2D eigenvalue weighted by atomic mass is 10.1. The number of nitrogens with zero attached hydrogens (tertiary/aromatic N) is 5. The Kier molecular flexibility index (Phi) is 6.08. The zero-order valence-corrected chi connectivity index (χ0v) is 18.9. The van der Waals surface area contributed by atoms with E-state index in [-0.39, 0.29) is 5.91 Å². The van der Waals surface area contributed by atoms with Crippen molar-refractivity contribution >= 4 is 29.0 Å².